The summed E-state index contributed by atoms with van der Waals surface area (Å²) < 4.78 is 11.2. The molecule has 0 spiro atoms. The molecule has 0 aliphatic heterocycles. The van der Waals surface area contributed by atoms with Crippen LogP contribution in [0.2, 0.25) is 0 Å². The maximum atomic E-state index is 9.27. The second-order valence-corrected chi connectivity index (χ2v) is 6.97. The van der Waals surface area contributed by atoms with Crippen molar-refractivity contribution in [2.24, 2.45) is 0 Å². The Labute approximate surface area is 163 Å². The fraction of sp³-hybridized carbons (Fsp3) is 0.429. The Balaban J connectivity index is 1.66. The molecule has 0 radical (unpaired) electrons. The first-order valence-corrected chi connectivity index (χ1v) is 10.1. The molecule has 0 saturated carbocycles. The molecule has 0 amide bonds. The fourth-order valence-corrected chi connectivity index (χ4v) is 2.77. The first-order valence-electron chi connectivity index (χ1n) is 8.99. The summed E-state index contributed by atoms with van der Waals surface area (Å²) >= 11 is 3.45. The third kappa shape index (κ3) is 7.77. The zero-order chi connectivity index (χ0) is 18.6. The van der Waals surface area contributed by atoms with Gasteiger partial charge in [0.2, 0.25) is 0 Å². The molecule has 2 N–H and O–H groups in total. The lowest BCUT2D eigenvalue weighted by Gasteiger charge is -2.10. The molecule has 2 aromatic carbocycles. The molecule has 1 atom stereocenters. The predicted octanol–water partition coefficient (Wildman–Crippen LogP) is 3.76. The van der Waals surface area contributed by atoms with Crippen LogP contribution in [0.5, 0.6) is 11.5 Å². The lowest BCUT2D eigenvalue weighted by molar-refractivity contribution is 0.0536. The van der Waals surface area contributed by atoms with Crippen molar-refractivity contribution in [3.8, 4) is 11.5 Å². The van der Waals surface area contributed by atoms with Crippen LogP contribution in [0.15, 0.2) is 48.5 Å². The molecule has 4 nitrogen and oxygen atoms in total. The van der Waals surface area contributed by atoms with Crippen LogP contribution in [0, 0.1) is 0 Å². The van der Waals surface area contributed by atoms with Crippen molar-refractivity contribution in [1.82, 2.24) is 0 Å². The molecule has 0 aliphatic rings. The number of ether oxygens (including phenoxy) is 2. The first kappa shape index (κ1) is 20.7. The highest BCUT2D eigenvalue weighted by atomic mass is 79.9. The number of benzene rings is 2. The molecular weight excluding hydrogens is 396 g/mol. The van der Waals surface area contributed by atoms with E-state index in [1.807, 2.05) is 36.4 Å². The lowest BCUT2D eigenvalue weighted by atomic mass is 10.1. The van der Waals surface area contributed by atoms with Gasteiger partial charge in [-0.3, -0.25) is 0 Å². The molecule has 0 aliphatic carbocycles. The van der Waals surface area contributed by atoms with Crippen LogP contribution in [0.1, 0.15) is 24.0 Å². The van der Waals surface area contributed by atoms with E-state index in [4.69, 9.17) is 14.6 Å². The normalized spacial score (nSPS) is 12.0. The average Bonchev–Trinajstić information content (AvgIpc) is 2.69. The second kappa shape index (κ2) is 11.9. The van der Waals surface area contributed by atoms with E-state index in [0.717, 1.165) is 36.8 Å². The molecule has 0 fully saturated rings. The van der Waals surface area contributed by atoms with Crippen LogP contribution in [0.4, 0.5) is 0 Å². The van der Waals surface area contributed by atoms with E-state index < -0.39 is 6.10 Å². The number of aliphatic hydroxyl groups is 2. The molecule has 0 bridgehead atoms. The van der Waals surface area contributed by atoms with Gasteiger partial charge in [0.05, 0.1) is 13.2 Å². The largest absolute Gasteiger partial charge is 0.494 e. The van der Waals surface area contributed by atoms with Crippen LogP contribution < -0.4 is 9.47 Å². The highest BCUT2D eigenvalue weighted by Gasteiger charge is 2.03. The summed E-state index contributed by atoms with van der Waals surface area (Å²) in [5.41, 5.74) is 2.55. The van der Waals surface area contributed by atoms with Crippen LogP contribution in [0.3, 0.4) is 0 Å². The highest BCUT2D eigenvalue weighted by Crippen LogP contribution is 2.16. The summed E-state index contributed by atoms with van der Waals surface area (Å²) in [6.07, 6.45) is 3.26. The van der Waals surface area contributed by atoms with E-state index in [2.05, 4.69) is 28.1 Å². The molecular formula is C21H27BrO4. The highest BCUT2D eigenvalue weighted by molar-refractivity contribution is 9.09. The van der Waals surface area contributed by atoms with Gasteiger partial charge in [-0.05, 0) is 61.1 Å². The fourth-order valence-electron chi connectivity index (χ4n) is 2.49. The second-order valence-electron chi connectivity index (χ2n) is 6.18. The van der Waals surface area contributed by atoms with Gasteiger partial charge in [-0.2, -0.15) is 0 Å². The summed E-state index contributed by atoms with van der Waals surface area (Å²) in [7, 11) is 0. The Bertz CT molecular complexity index is 613. The zero-order valence-electron chi connectivity index (χ0n) is 14.9. The van der Waals surface area contributed by atoms with Crippen LogP contribution in [0.25, 0.3) is 0 Å². The molecule has 0 saturated heterocycles. The first-order chi connectivity index (χ1) is 12.7. The minimum Gasteiger partial charge on any atom is -0.494 e. The number of aryl methyl sites for hydroxylation is 2. The van der Waals surface area contributed by atoms with Gasteiger partial charge in [-0.15, -0.1) is 0 Å². The summed E-state index contributed by atoms with van der Waals surface area (Å²) in [5, 5.41) is 19.1. The Kier molecular flexibility index (Phi) is 9.53. The number of aliphatic hydroxyl groups excluding tert-OH is 2. The molecule has 5 heteroatoms. The molecule has 2 rings (SSSR count). The molecule has 1 unspecified atom stereocenters. The van der Waals surface area contributed by atoms with Crippen molar-refractivity contribution in [3.63, 3.8) is 0 Å². The average molecular weight is 423 g/mol. The summed E-state index contributed by atoms with van der Waals surface area (Å²) in [6, 6.07) is 16.1. The standard InChI is InChI=1S/C21H27BrO4/c22-13-1-3-17-5-9-20(10-6-17)25-14-2-4-18-7-11-21(12-8-18)26-16-19(24)15-23/h5-12,19,23-24H,1-4,13-16H2. The van der Waals surface area contributed by atoms with Crippen LogP contribution in [-0.2, 0) is 12.8 Å². The monoisotopic (exact) mass is 422 g/mol. The Morgan fingerprint density at radius 2 is 1.35 bits per heavy atom. The van der Waals surface area contributed by atoms with Gasteiger partial charge in [0.15, 0.2) is 0 Å². The lowest BCUT2D eigenvalue weighted by Crippen LogP contribution is -2.21. The van der Waals surface area contributed by atoms with Crippen molar-refractivity contribution in [3.05, 3.63) is 59.7 Å². The Morgan fingerprint density at radius 3 is 1.88 bits per heavy atom. The topological polar surface area (TPSA) is 58.9 Å². The number of halogens is 1. The number of rotatable bonds is 12. The van der Waals surface area contributed by atoms with Crippen molar-refractivity contribution in [2.75, 3.05) is 25.2 Å². The van der Waals surface area contributed by atoms with E-state index in [-0.39, 0.29) is 13.2 Å². The van der Waals surface area contributed by atoms with E-state index in [9.17, 15) is 5.11 Å². The van der Waals surface area contributed by atoms with Gasteiger partial charge >= 0.3 is 0 Å². The quantitative estimate of drug-likeness (QED) is 0.403. The van der Waals surface area contributed by atoms with E-state index >= 15 is 0 Å². The van der Waals surface area contributed by atoms with Gasteiger partial charge < -0.3 is 19.7 Å². The molecule has 2 aromatic rings. The summed E-state index contributed by atoms with van der Waals surface area (Å²) in [4.78, 5) is 0. The molecule has 0 heterocycles. The van der Waals surface area contributed by atoms with Gasteiger partial charge in [-0.1, -0.05) is 40.2 Å². The third-order valence-corrected chi connectivity index (χ3v) is 4.54. The molecule has 26 heavy (non-hydrogen) atoms. The van der Waals surface area contributed by atoms with Gasteiger partial charge in [0.25, 0.3) is 0 Å². The Hall–Kier alpha value is -1.56. The maximum absolute atomic E-state index is 9.27. The summed E-state index contributed by atoms with van der Waals surface area (Å²) in [5.74, 6) is 1.61. The maximum Gasteiger partial charge on any atom is 0.119 e. The van der Waals surface area contributed by atoms with Crippen molar-refractivity contribution in [2.45, 2.75) is 31.8 Å². The number of alkyl halides is 1. The van der Waals surface area contributed by atoms with Crippen molar-refractivity contribution < 1.29 is 19.7 Å². The zero-order valence-corrected chi connectivity index (χ0v) is 16.5. The van der Waals surface area contributed by atoms with Crippen molar-refractivity contribution >= 4 is 15.9 Å². The van der Waals surface area contributed by atoms with Crippen LogP contribution >= 0.6 is 15.9 Å². The van der Waals surface area contributed by atoms with E-state index in [0.29, 0.717) is 12.4 Å². The van der Waals surface area contributed by atoms with Gasteiger partial charge in [0.1, 0.15) is 24.2 Å². The van der Waals surface area contributed by atoms with E-state index in [1.165, 1.54) is 11.1 Å². The van der Waals surface area contributed by atoms with E-state index in [1.54, 1.807) is 0 Å². The summed E-state index contributed by atoms with van der Waals surface area (Å²) in [6.45, 7) is 0.484. The van der Waals surface area contributed by atoms with Gasteiger partial charge in [0, 0.05) is 5.33 Å². The Morgan fingerprint density at radius 1 is 0.808 bits per heavy atom. The predicted molar refractivity (Wildman–Crippen MR) is 107 cm³/mol. The van der Waals surface area contributed by atoms with Gasteiger partial charge in [-0.25, -0.2) is 0 Å². The smallest absolute Gasteiger partial charge is 0.119 e. The third-order valence-electron chi connectivity index (χ3n) is 3.98. The number of hydrogen-bond donors (Lipinski definition) is 2. The minimum absolute atomic E-state index is 0.0958. The SMILES string of the molecule is OCC(O)COc1ccc(CCCOc2ccc(CCCBr)cc2)cc1. The minimum atomic E-state index is -0.842. The van der Waals surface area contributed by atoms with Crippen molar-refractivity contribution in [1.29, 1.82) is 0 Å². The molecule has 142 valence electrons. The van der Waals surface area contributed by atoms with Crippen LogP contribution in [-0.4, -0.2) is 41.5 Å². The molecule has 0 aromatic heterocycles. The number of hydrogen-bond acceptors (Lipinski definition) is 4.